The van der Waals surface area contributed by atoms with Crippen molar-refractivity contribution in [2.75, 3.05) is 11.1 Å². The second-order valence-electron chi connectivity index (χ2n) is 7.71. The van der Waals surface area contributed by atoms with Crippen LogP contribution in [0.3, 0.4) is 0 Å². The van der Waals surface area contributed by atoms with E-state index in [9.17, 15) is 22.4 Å². The number of carbonyl (C=O) groups excluding carboxylic acids is 2. The van der Waals surface area contributed by atoms with Gasteiger partial charge in [-0.05, 0) is 60.5 Å². The van der Waals surface area contributed by atoms with Crippen molar-refractivity contribution >= 4 is 38.9 Å². The fourth-order valence-corrected chi connectivity index (χ4v) is 4.27. The maximum atomic E-state index is 14.6. The van der Waals surface area contributed by atoms with Crippen LogP contribution in [0.5, 0.6) is 0 Å². The quantitative estimate of drug-likeness (QED) is 0.456. The summed E-state index contributed by atoms with van der Waals surface area (Å²) in [5.74, 6) is -1.77. The van der Waals surface area contributed by atoms with Crippen molar-refractivity contribution in [2.45, 2.75) is 31.2 Å². The van der Waals surface area contributed by atoms with Crippen LogP contribution in [0.4, 0.5) is 10.1 Å². The van der Waals surface area contributed by atoms with Crippen molar-refractivity contribution in [2.24, 2.45) is 0 Å². The maximum Gasteiger partial charge on any atom is 0.254 e. The third kappa shape index (κ3) is 6.42. The van der Waals surface area contributed by atoms with Gasteiger partial charge in [0.05, 0.1) is 28.7 Å². The number of anilines is 1. The summed E-state index contributed by atoms with van der Waals surface area (Å²) in [5, 5.41) is 5.89. The summed E-state index contributed by atoms with van der Waals surface area (Å²) in [5.41, 5.74) is 1.49. The number of halogens is 2. The van der Waals surface area contributed by atoms with E-state index in [0.29, 0.717) is 10.6 Å². The molecular weight excluding hydrogens is 479 g/mol. The summed E-state index contributed by atoms with van der Waals surface area (Å²) in [6, 6.07) is 16.5. The fraction of sp³-hybridized carbons (Fsp3) is 0.200. The average molecular weight is 503 g/mol. The standard InChI is InChI=1S/C25H24ClFN2O4S/c1-3-34(32,33)21-11-4-17(5-12-21)14-24(30)29-20-10-13-22(23(27)15-20)25(31)28-16(2)18-6-8-19(26)9-7-18/h4-13,15-16H,3,14H2,1-2H3,(H,28,31)(H,29,30)/t16-/m1/s1. The predicted molar refractivity (Wildman–Crippen MR) is 130 cm³/mol. The summed E-state index contributed by atoms with van der Waals surface area (Å²) >= 11 is 5.87. The maximum absolute atomic E-state index is 14.6. The second kappa shape index (κ2) is 10.8. The lowest BCUT2D eigenvalue weighted by atomic mass is 10.1. The largest absolute Gasteiger partial charge is 0.345 e. The molecular formula is C25H24ClFN2O4S. The molecule has 2 N–H and O–H groups in total. The summed E-state index contributed by atoms with van der Waals surface area (Å²) in [4.78, 5) is 25.0. The van der Waals surface area contributed by atoms with E-state index in [0.717, 1.165) is 11.6 Å². The normalized spacial score (nSPS) is 12.1. The second-order valence-corrected chi connectivity index (χ2v) is 10.4. The van der Waals surface area contributed by atoms with Gasteiger partial charge in [-0.1, -0.05) is 42.8 Å². The Morgan fingerprint density at radius 3 is 2.24 bits per heavy atom. The molecule has 3 aromatic carbocycles. The first-order valence-electron chi connectivity index (χ1n) is 10.6. The molecule has 178 valence electrons. The Morgan fingerprint density at radius 2 is 1.65 bits per heavy atom. The number of amides is 2. The number of hydrogen-bond donors (Lipinski definition) is 2. The first-order chi connectivity index (χ1) is 16.1. The van der Waals surface area contributed by atoms with E-state index in [-0.39, 0.29) is 34.4 Å². The van der Waals surface area contributed by atoms with Crippen LogP contribution in [0.2, 0.25) is 5.02 Å². The Labute approximate surface area is 203 Å². The van der Waals surface area contributed by atoms with Gasteiger partial charge in [0.15, 0.2) is 9.84 Å². The van der Waals surface area contributed by atoms with Gasteiger partial charge < -0.3 is 10.6 Å². The van der Waals surface area contributed by atoms with Crippen molar-refractivity contribution in [1.29, 1.82) is 0 Å². The van der Waals surface area contributed by atoms with Gasteiger partial charge in [-0.2, -0.15) is 0 Å². The average Bonchev–Trinajstić information content (AvgIpc) is 2.79. The monoisotopic (exact) mass is 502 g/mol. The summed E-state index contributed by atoms with van der Waals surface area (Å²) < 4.78 is 38.3. The molecule has 6 nitrogen and oxygen atoms in total. The third-order valence-electron chi connectivity index (χ3n) is 5.24. The highest BCUT2D eigenvalue weighted by Gasteiger charge is 2.17. The number of carbonyl (C=O) groups is 2. The number of rotatable bonds is 8. The van der Waals surface area contributed by atoms with E-state index in [1.807, 2.05) is 0 Å². The van der Waals surface area contributed by atoms with E-state index in [2.05, 4.69) is 10.6 Å². The molecule has 0 saturated heterocycles. The van der Waals surface area contributed by atoms with Crippen LogP contribution in [0.25, 0.3) is 0 Å². The predicted octanol–water partition coefficient (Wildman–Crippen LogP) is 4.94. The fourth-order valence-electron chi connectivity index (χ4n) is 3.26. The van der Waals surface area contributed by atoms with Gasteiger partial charge in [0.2, 0.25) is 5.91 Å². The molecule has 0 aliphatic carbocycles. The van der Waals surface area contributed by atoms with Crippen LogP contribution in [-0.4, -0.2) is 26.0 Å². The van der Waals surface area contributed by atoms with Crippen molar-refractivity contribution in [3.63, 3.8) is 0 Å². The molecule has 0 fully saturated rings. The molecule has 9 heteroatoms. The highest BCUT2D eigenvalue weighted by molar-refractivity contribution is 7.91. The molecule has 0 spiro atoms. The first kappa shape index (κ1) is 25.4. The number of nitrogens with one attached hydrogen (secondary N) is 2. The molecule has 0 unspecified atom stereocenters. The Balaban J connectivity index is 1.61. The van der Waals surface area contributed by atoms with E-state index in [4.69, 9.17) is 11.6 Å². The molecule has 0 heterocycles. The highest BCUT2D eigenvalue weighted by Crippen LogP contribution is 2.19. The number of benzene rings is 3. The van der Waals surface area contributed by atoms with Crippen molar-refractivity contribution in [3.8, 4) is 0 Å². The third-order valence-corrected chi connectivity index (χ3v) is 7.24. The van der Waals surface area contributed by atoms with Crippen LogP contribution in [0, 0.1) is 5.82 Å². The highest BCUT2D eigenvalue weighted by atomic mass is 35.5. The molecule has 1 atom stereocenters. The molecule has 0 aliphatic rings. The Morgan fingerprint density at radius 1 is 1.00 bits per heavy atom. The Kier molecular flexibility index (Phi) is 8.06. The molecule has 3 rings (SSSR count). The summed E-state index contributed by atoms with van der Waals surface area (Å²) in [6.45, 7) is 3.34. The molecule has 0 saturated carbocycles. The SMILES string of the molecule is CCS(=O)(=O)c1ccc(CC(=O)Nc2ccc(C(=O)N[C@H](C)c3ccc(Cl)cc3)c(F)c2)cc1. The van der Waals surface area contributed by atoms with Crippen LogP contribution in [0.15, 0.2) is 71.6 Å². The minimum Gasteiger partial charge on any atom is -0.345 e. The molecule has 34 heavy (non-hydrogen) atoms. The molecule has 0 radical (unpaired) electrons. The lowest BCUT2D eigenvalue weighted by Gasteiger charge is -2.15. The topological polar surface area (TPSA) is 92.3 Å². The Bertz CT molecular complexity index is 1290. The molecule has 0 bridgehead atoms. The van der Waals surface area contributed by atoms with E-state index in [1.54, 1.807) is 50.2 Å². The number of sulfone groups is 1. The van der Waals surface area contributed by atoms with E-state index in [1.165, 1.54) is 24.3 Å². The molecule has 2 amide bonds. The van der Waals surface area contributed by atoms with Gasteiger partial charge in [0.25, 0.3) is 5.91 Å². The van der Waals surface area contributed by atoms with Crippen molar-refractivity contribution < 1.29 is 22.4 Å². The van der Waals surface area contributed by atoms with Crippen LogP contribution in [-0.2, 0) is 21.1 Å². The lowest BCUT2D eigenvalue weighted by molar-refractivity contribution is -0.115. The van der Waals surface area contributed by atoms with Gasteiger partial charge in [0, 0.05) is 10.7 Å². The van der Waals surface area contributed by atoms with Crippen LogP contribution >= 0.6 is 11.6 Å². The smallest absolute Gasteiger partial charge is 0.254 e. The van der Waals surface area contributed by atoms with Gasteiger partial charge in [-0.15, -0.1) is 0 Å². The Hall–Kier alpha value is -3.23. The van der Waals surface area contributed by atoms with Crippen molar-refractivity contribution in [3.05, 3.63) is 94.3 Å². The number of hydrogen-bond acceptors (Lipinski definition) is 4. The zero-order valence-electron chi connectivity index (χ0n) is 18.6. The van der Waals surface area contributed by atoms with E-state index < -0.39 is 27.5 Å². The minimum atomic E-state index is -3.31. The first-order valence-corrected chi connectivity index (χ1v) is 12.6. The molecule has 3 aromatic rings. The zero-order valence-corrected chi connectivity index (χ0v) is 20.2. The minimum absolute atomic E-state index is 0.00749. The molecule has 0 aliphatic heterocycles. The summed E-state index contributed by atoms with van der Waals surface area (Å²) in [7, 11) is -3.31. The van der Waals surface area contributed by atoms with Crippen molar-refractivity contribution in [1.82, 2.24) is 5.32 Å². The van der Waals surface area contributed by atoms with E-state index >= 15 is 0 Å². The summed E-state index contributed by atoms with van der Waals surface area (Å²) in [6.07, 6.45) is -0.0189. The lowest BCUT2D eigenvalue weighted by Crippen LogP contribution is -2.27. The van der Waals surface area contributed by atoms with Gasteiger partial charge in [0.1, 0.15) is 5.82 Å². The molecule has 0 aromatic heterocycles. The van der Waals surface area contributed by atoms with Gasteiger partial charge in [-0.3, -0.25) is 9.59 Å². The zero-order chi connectivity index (χ0) is 24.9. The van der Waals surface area contributed by atoms with Crippen LogP contribution < -0.4 is 10.6 Å². The van der Waals surface area contributed by atoms with Gasteiger partial charge >= 0.3 is 0 Å². The van der Waals surface area contributed by atoms with Crippen LogP contribution in [0.1, 0.15) is 41.4 Å². The van der Waals surface area contributed by atoms with Gasteiger partial charge in [-0.25, -0.2) is 12.8 Å².